The molecule has 0 unspecified atom stereocenters. The van der Waals surface area contributed by atoms with E-state index in [0.717, 1.165) is 51.4 Å². The topological polar surface area (TPSA) is 142 Å². The number of hydrogen-bond acceptors (Lipinski definition) is 6. The number of aromatic nitrogens is 2. The maximum atomic E-state index is 12.2. The molecule has 4 N–H and O–H groups in total. The molecule has 0 aliphatic heterocycles. The standard InChI is InChI=1S/C28H40N6O4/c1-21(33-27(37)23-11-17-29-18-12-23)25(35)31-15-9-7-5-3-4-6-8-10-16-32-26(36)22(2)34-28(38)24-13-19-30-20-14-24/h11-14,17-22H,3-10,15-16H2,1-2H3,(H,31,35)(H,32,36)(H,33,37)(H,34,38)/t21-,22-/m0/s1. The molecule has 2 atom stereocenters. The Morgan fingerprint density at radius 1 is 0.579 bits per heavy atom. The van der Waals surface area contributed by atoms with Crippen LogP contribution in [0, 0.1) is 0 Å². The third-order valence-electron chi connectivity index (χ3n) is 6.07. The van der Waals surface area contributed by atoms with E-state index in [1.807, 2.05) is 0 Å². The van der Waals surface area contributed by atoms with Crippen molar-refractivity contribution in [3.05, 3.63) is 60.2 Å². The highest BCUT2D eigenvalue weighted by atomic mass is 16.2. The highest BCUT2D eigenvalue weighted by Crippen LogP contribution is 2.08. The van der Waals surface area contributed by atoms with Gasteiger partial charge >= 0.3 is 0 Å². The van der Waals surface area contributed by atoms with E-state index in [0.29, 0.717) is 24.2 Å². The molecule has 0 saturated carbocycles. The van der Waals surface area contributed by atoms with E-state index >= 15 is 0 Å². The molecule has 10 nitrogen and oxygen atoms in total. The highest BCUT2D eigenvalue weighted by Gasteiger charge is 2.17. The molecule has 4 amide bonds. The van der Waals surface area contributed by atoms with Crippen LogP contribution in [-0.4, -0.2) is 58.8 Å². The van der Waals surface area contributed by atoms with E-state index in [2.05, 4.69) is 31.2 Å². The number of carbonyl (C=O) groups excluding carboxylic acids is 4. The summed E-state index contributed by atoms with van der Waals surface area (Å²) in [4.78, 5) is 56.3. The average molecular weight is 525 g/mol. The van der Waals surface area contributed by atoms with Crippen LogP contribution in [-0.2, 0) is 9.59 Å². The zero-order valence-electron chi connectivity index (χ0n) is 22.4. The number of amides is 4. The smallest absolute Gasteiger partial charge is 0.252 e. The third kappa shape index (κ3) is 11.9. The summed E-state index contributed by atoms with van der Waals surface area (Å²) in [7, 11) is 0. The van der Waals surface area contributed by atoms with Crippen molar-refractivity contribution < 1.29 is 19.2 Å². The van der Waals surface area contributed by atoms with Crippen molar-refractivity contribution in [2.24, 2.45) is 0 Å². The van der Waals surface area contributed by atoms with Crippen LogP contribution < -0.4 is 21.3 Å². The summed E-state index contributed by atoms with van der Waals surface area (Å²) in [6, 6.07) is 5.22. The first kappa shape index (κ1) is 30.4. The molecule has 0 radical (unpaired) electrons. The number of pyridine rings is 2. The molecule has 2 rings (SSSR count). The van der Waals surface area contributed by atoms with Gasteiger partial charge in [0.1, 0.15) is 12.1 Å². The molecule has 0 saturated heterocycles. The molecule has 0 fully saturated rings. The molecule has 2 heterocycles. The van der Waals surface area contributed by atoms with Crippen LogP contribution in [0.2, 0.25) is 0 Å². The van der Waals surface area contributed by atoms with Crippen LogP contribution in [0.25, 0.3) is 0 Å². The Morgan fingerprint density at radius 2 is 0.895 bits per heavy atom. The Kier molecular flexibility index (Phi) is 14.1. The molecule has 2 aromatic rings. The Hall–Kier alpha value is -3.82. The van der Waals surface area contributed by atoms with Crippen LogP contribution in [0.3, 0.4) is 0 Å². The number of nitrogens with zero attached hydrogens (tertiary/aromatic N) is 2. The molecule has 38 heavy (non-hydrogen) atoms. The van der Waals surface area contributed by atoms with Gasteiger partial charge in [-0.1, -0.05) is 38.5 Å². The van der Waals surface area contributed by atoms with Gasteiger partial charge in [-0.25, -0.2) is 0 Å². The largest absolute Gasteiger partial charge is 0.354 e. The van der Waals surface area contributed by atoms with Crippen LogP contribution in [0.4, 0.5) is 0 Å². The summed E-state index contributed by atoms with van der Waals surface area (Å²) < 4.78 is 0. The first-order chi connectivity index (χ1) is 18.4. The van der Waals surface area contributed by atoms with Crippen molar-refractivity contribution in [1.82, 2.24) is 31.2 Å². The van der Waals surface area contributed by atoms with E-state index in [1.165, 1.54) is 24.8 Å². The summed E-state index contributed by atoms with van der Waals surface area (Å²) in [5, 5.41) is 11.1. The minimum atomic E-state index is -0.602. The molecule has 0 aliphatic rings. The maximum absolute atomic E-state index is 12.2. The number of rotatable bonds is 17. The van der Waals surface area contributed by atoms with Crippen molar-refractivity contribution >= 4 is 23.6 Å². The SMILES string of the molecule is C[C@H](NC(=O)c1ccncc1)C(=O)NCCCCCCCCCCNC(=O)[C@H](C)NC(=O)c1ccncc1. The van der Waals surface area contributed by atoms with Gasteiger partial charge in [0.15, 0.2) is 0 Å². The van der Waals surface area contributed by atoms with Crippen LogP contribution in [0.1, 0.15) is 85.9 Å². The molecular weight excluding hydrogens is 484 g/mol. The molecule has 0 aliphatic carbocycles. The zero-order chi connectivity index (χ0) is 27.6. The lowest BCUT2D eigenvalue weighted by molar-refractivity contribution is -0.123. The van der Waals surface area contributed by atoms with Gasteiger partial charge in [0.2, 0.25) is 11.8 Å². The molecule has 206 valence electrons. The molecule has 2 aromatic heterocycles. The summed E-state index contributed by atoms with van der Waals surface area (Å²) >= 11 is 0. The number of unbranched alkanes of at least 4 members (excludes halogenated alkanes) is 7. The molecule has 0 bridgehead atoms. The van der Waals surface area contributed by atoms with Gasteiger partial charge in [-0.15, -0.1) is 0 Å². The zero-order valence-corrected chi connectivity index (χ0v) is 22.4. The van der Waals surface area contributed by atoms with Crippen molar-refractivity contribution in [3.63, 3.8) is 0 Å². The van der Waals surface area contributed by atoms with E-state index < -0.39 is 12.1 Å². The van der Waals surface area contributed by atoms with Gasteiger partial charge in [-0.05, 0) is 51.0 Å². The van der Waals surface area contributed by atoms with Crippen LogP contribution in [0.5, 0.6) is 0 Å². The van der Waals surface area contributed by atoms with Crippen molar-refractivity contribution in [2.45, 2.75) is 77.3 Å². The second kappa shape index (κ2) is 17.6. The van der Waals surface area contributed by atoms with E-state index in [-0.39, 0.29) is 23.6 Å². The van der Waals surface area contributed by atoms with Crippen LogP contribution >= 0.6 is 0 Å². The number of hydrogen-bond donors (Lipinski definition) is 4. The lowest BCUT2D eigenvalue weighted by Gasteiger charge is -2.14. The quantitative estimate of drug-likeness (QED) is 0.234. The van der Waals surface area contributed by atoms with Gasteiger partial charge in [0, 0.05) is 49.0 Å². The Balaban J connectivity index is 1.40. The molecule has 0 aromatic carbocycles. The lowest BCUT2D eigenvalue weighted by atomic mass is 10.1. The fourth-order valence-electron chi connectivity index (χ4n) is 3.74. The predicted molar refractivity (Wildman–Crippen MR) is 145 cm³/mol. The summed E-state index contributed by atoms with van der Waals surface area (Å²) in [6.45, 7) is 4.52. The van der Waals surface area contributed by atoms with Crippen molar-refractivity contribution in [1.29, 1.82) is 0 Å². The van der Waals surface area contributed by atoms with Crippen molar-refractivity contribution in [2.75, 3.05) is 13.1 Å². The van der Waals surface area contributed by atoms with Crippen molar-refractivity contribution in [3.8, 4) is 0 Å². The fraction of sp³-hybridized carbons (Fsp3) is 0.500. The Bertz CT molecular complexity index is 921. The average Bonchev–Trinajstić information content (AvgIpc) is 2.94. The van der Waals surface area contributed by atoms with Gasteiger partial charge in [0.05, 0.1) is 0 Å². The Labute approximate surface area is 224 Å². The minimum absolute atomic E-state index is 0.190. The number of nitrogens with one attached hydrogen (secondary N) is 4. The van der Waals surface area contributed by atoms with E-state index in [1.54, 1.807) is 38.1 Å². The highest BCUT2D eigenvalue weighted by molar-refractivity contribution is 5.97. The predicted octanol–water partition coefficient (Wildman–Crippen LogP) is 2.77. The molecule has 10 heteroatoms. The first-order valence-corrected chi connectivity index (χ1v) is 13.4. The number of carbonyl (C=O) groups is 4. The minimum Gasteiger partial charge on any atom is -0.354 e. The third-order valence-corrected chi connectivity index (χ3v) is 6.07. The van der Waals surface area contributed by atoms with Gasteiger partial charge in [-0.2, -0.15) is 0 Å². The monoisotopic (exact) mass is 524 g/mol. The maximum Gasteiger partial charge on any atom is 0.252 e. The molecule has 0 spiro atoms. The lowest BCUT2D eigenvalue weighted by Crippen LogP contribution is -2.45. The van der Waals surface area contributed by atoms with Gasteiger partial charge in [-0.3, -0.25) is 29.1 Å². The molecular formula is C28H40N6O4. The van der Waals surface area contributed by atoms with Crippen LogP contribution in [0.15, 0.2) is 49.1 Å². The van der Waals surface area contributed by atoms with E-state index in [9.17, 15) is 19.2 Å². The normalized spacial score (nSPS) is 12.2. The summed E-state index contributed by atoms with van der Waals surface area (Å²) in [6.07, 6.45) is 14.5. The Morgan fingerprint density at radius 3 is 1.24 bits per heavy atom. The summed E-state index contributed by atoms with van der Waals surface area (Å²) in [5.41, 5.74) is 0.948. The fourth-order valence-corrected chi connectivity index (χ4v) is 3.74. The van der Waals surface area contributed by atoms with E-state index in [4.69, 9.17) is 0 Å². The van der Waals surface area contributed by atoms with Gasteiger partial charge in [0.25, 0.3) is 11.8 Å². The first-order valence-electron chi connectivity index (χ1n) is 13.4. The second-order valence-electron chi connectivity index (χ2n) is 9.27. The van der Waals surface area contributed by atoms with Gasteiger partial charge < -0.3 is 21.3 Å². The second-order valence-corrected chi connectivity index (χ2v) is 9.27. The summed E-state index contributed by atoms with van der Waals surface area (Å²) in [5.74, 6) is -0.968.